The Bertz CT molecular complexity index is 266. The second-order valence-electron chi connectivity index (χ2n) is 4.57. The lowest BCUT2D eigenvalue weighted by Crippen LogP contribution is -2.55. The highest BCUT2D eigenvalue weighted by atomic mass is 16.7. The largest absolute Gasteiger partial charge is 0.391 e. The van der Waals surface area contributed by atoms with E-state index < -0.39 is 11.9 Å². The van der Waals surface area contributed by atoms with Crippen molar-refractivity contribution in [2.75, 3.05) is 6.61 Å². The number of nitrogens with one attached hydrogen (secondary N) is 1. The molecule has 0 aromatic heterocycles. The van der Waals surface area contributed by atoms with Crippen molar-refractivity contribution in [1.82, 2.24) is 5.32 Å². The predicted octanol–water partition coefficient (Wildman–Crippen LogP) is -0.223. The Labute approximate surface area is 88.7 Å². The lowest BCUT2D eigenvalue weighted by atomic mass is 9.96. The summed E-state index contributed by atoms with van der Waals surface area (Å²) in [5, 5.41) is 12.5. The molecule has 2 saturated heterocycles. The highest BCUT2D eigenvalue weighted by molar-refractivity contribution is 5.77. The maximum absolute atomic E-state index is 11.2. The van der Waals surface area contributed by atoms with Gasteiger partial charge in [0.15, 0.2) is 5.79 Å². The van der Waals surface area contributed by atoms with Gasteiger partial charge in [0.1, 0.15) is 6.10 Å². The van der Waals surface area contributed by atoms with Crippen LogP contribution in [-0.2, 0) is 14.3 Å². The van der Waals surface area contributed by atoms with Crippen LogP contribution in [-0.4, -0.2) is 41.7 Å². The number of ether oxygens (including phenoxy) is 2. The van der Waals surface area contributed by atoms with Gasteiger partial charge >= 0.3 is 0 Å². The van der Waals surface area contributed by atoms with E-state index in [4.69, 9.17) is 9.47 Å². The molecule has 3 atom stereocenters. The molecule has 2 aliphatic heterocycles. The van der Waals surface area contributed by atoms with Crippen LogP contribution in [0.1, 0.15) is 26.7 Å². The Morgan fingerprint density at radius 2 is 2.27 bits per heavy atom. The monoisotopic (exact) mass is 215 g/mol. The van der Waals surface area contributed by atoms with Gasteiger partial charge in [-0.25, -0.2) is 0 Å². The van der Waals surface area contributed by atoms with E-state index in [9.17, 15) is 9.90 Å². The minimum Gasteiger partial charge on any atom is -0.391 e. The van der Waals surface area contributed by atoms with Gasteiger partial charge in [0, 0.05) is 6.42 Å². The lowest BCUT2D eigenvalue weighted by Gasteiger charge is -2.32. The van der Waals surface area contributed by atoms with Gasteiger partial charge < -0.3 is 19.9 Å². The summed E-state index contributed by atoms with van der Waals surface area (Å²) >= 11 is 0. The van der Waals surface area contributed by atoms with Crippen LogP contribution >= 0.6 is 0 Å². The maximum Gasteiger partial charge on any atom is 0.220 e. The van der Waals surface area contributed by atoms with Gasteiger partial charge in [-0.2, -0.15) is 0 Å². The molecule has 86 valence electrons. The number of hydrogen-bond donors (Lipinski definition) is 2. The highest BCUT2D eigenvalue weighted by Gasteiger charge is 2.42. The molecule has 15 heavy (non-hydrogen) atoms. The molecular formula is C10H17NO4. The zero-order valence-electron chi connectivity index (χ0n) is 9.03. The molecule has 5 nitrogen and oxygen atoms in total. The second kappa shape index (κ2) is 3.73. The average Bonchev–Trinajstić information content (AvgIpc) is 2.50. The van der Waals surface area contributed by atoms with Crippen molar-refractivity contribution in [3.05, 3.63) is 0 Å². The van der Waals surface area contributed by atoms with Gasteiger partial charge in [-0.15, -0.1) is 0 Å². The topological polar surface area (TPSA) is 67.8 Å². The number of rotatable bonds is 1. The third-order valence-corrected chi connectivity index (χ3v) is 2.84. The summed E-state index contributed by atoms with van der Waals surface area (Å²) in [6, 6.07) is -0.340. The molecule has 0 spiro atoms. The minimum atomic E-state index is -0.618. The number of aliphatic hydroxyl groups is 1. The van der Waals surface area contributed by atoms with Crippen LogP contribution in [0.4, 0.5) is 0 Å². The van der Waals surface area contributed by atoms with Crippen molar-refractivity contribution in [3.8, 4) is 0 Å². The summed E-state index contributed by atoms with van der Waals surface area (Å²) < 4.78 is 11.0. The molecular weight excluding hydrogens is 198 g/mol. The van der Waals surface area contributed by atoms with Gasteiger partial charge in [0.2, 0.25) is 5.91 Å². The Hall–Kier alpha value is -0.650. The van der Waals surface area contributed by atoms with Gasteiger partial charge in [-0.05, 0) is 20.3 Å². The standard InChI is InChI=1S/C10H17NO4/c1-10(2)14-5-7(15-10)9-6(12)3-4-8(13)11-9/h6-7,9,12H,3-5H2,1-2H3,(H,11,13)/t6-,7+,9-/m0/s1. The molecule has 0 aromatic rings. The Morgan fingerprint density at radius 3 is 2.87 bits per heavy atom. The molecule has 0 bridgehead atoms. The zero-order valence-corrected chi connectivity index (χ0v) is 9.03. The van der Waals surface area contributed by atoms with Crippen molar-refractivity contribution in [2.24, 2.45) is 0 Å². The Morgan fingerprint density at radius 1 is 1.53 bits per heavy atom. The molecule has 2 rings (SSSR count). The predicted molar refractivity (Wildman–Crippen MR) is 52.1 cm³/mol. The van der Waals surface area contributed by atoms with Crippen molar-refractivity contribution >= 4 is 5.91 Å². The summed E-state index contributed by atoms with van der Waals surface area (Å²) in [4.78, 5) is 11.2. The molecule has 0 radical (unpaired) electrons. The average molecular weight is 215 g/mol. The fourth-order valence-electron chi connectivity index (χ4n) is 2.05. The summed E-state index contributed by atoms with van der Waals surface area (Å²) in [5.41, 5.74) is 0. The number of carbonyl (C=O) groups excluding carboxylic acids is 1. The van der Waals surface area contributed by atoms with Crippen molar-refractivity contribution in [2.45, 2.75) is 50.7 Å². The van der Waals surface area contributed by atoms with E-state index in [2.05, 4.69) is 5.32 Å². The smallest absolute Gasteiger partial charge is 0.220 e. The fraction of sp³-hybridized carbons (Fsp3) is 0.900. The lowest BCUT2D eigenvalue weighted by molar-refractivity contribution is -0.150. The van der Waals surface area contributed by atoms with Crippen LogP contribution in [0.15, 0.2) is 0 Å². The van der Waals surface area contributed by atoms with Crippen LogP contribution < -0.4 is 5.32 Å². The van der Waals surface area contributed by atoms with E-state index in [0.717, 1.165) is 0 Å². The summed E-state index contributed by atoms with van der Waals surface area (Å²) in [6.07, 6.45) is 0.0928. The SMILES string of the molecule is CC1(C)OC[C@H]([C@H]2NC(=O)CC[C@@H]2O)O1. The molecule has 2 heterocycles. The van der Waals surface area contributed by atoms with Crippen LogP contribution in [0.5, 0.6) is 0 Å². The van der Waals surface area contributed by atoms with E-state index >= 15 is 0 Å². The van der Waals surface area contributed by atoms with Crippen molar-refractivity contribution in [3.63, 3.8) is 0 Å². The van der Waals surface area contributed by atoms with Crippen LogP contribution in [0.25, 0.3) is 0 Å². The first-order chi connectivity index (χ1) is 6.98. The molecule has 0 saturated carbocycles. The maximum atomic E-state index is 11.2. The molecule has 0 aromatic carbocycles. The third kappa shape index (κ3) is 2.30. The second-order valence-corrected chi connectivity index (χ2v) is 4.57. The van der Waals surface area contributed by atoms with Gasteiger partial charge in [-0.3, -0.25) is 4.79 Å². The van der Waals surface area contributed by atoms with Crippen molar-refractivity contribution in [1.29, 1.82) is 0 Å². The minimum absolute atomic E-state index is 0.0291. The Balaban J connectivity index is 2.00. The van der Waals surface area contributed by atoms with E-state index in [1.54, 1.807) is 0 Å². The van der Waals surface area contributed by atoms with E-state index in [-0.39, 0.29) is 18.1 Å². The van der Waals surface area contributed by atoms with Crippen LogP contribution in [0.3, 0.4) is 0 Å². The number of hydrogen-bond acceptors (Lipinski definition) is 4. The first-order valence-electron chi connectivity index (χ1n) is 5.27. The molecule has 2 fully saturated rings. The number of amides is 1. The first-order valence-corrected chi connectivity index (χ1v) is 5.27. The molecule has 2 N–H and O–H groups in total. The summed E-state index contributed by atoms with van der Waals surface area (Å²) in [5.74, 6) is -0.648. The van der Waals surface area contributed by atoms with E-state index in [1.165, 1.54) is 0 Å². The molecule has 0 aliphatic carbocycles. The van der Waals surface area contributed by atoms with E-state index in [0.29, 0.717) is 19.4 Å². The molecule has 0 unspecified atom stereocenters. The molecule has 5 heteroatoms. The quantitative estimate of drug-likeness (QED) is 0.634. The summed E-state index contributed by atoms with van der Waals surface area (Å²) in [7, 11) is 0. The fourth-order valence-corrected chi connectivity index (χ4v) is 2.05. The number of aliphatic hydroxyl groups excluding tert-OH is 1. The molecule has 2 aliphatic rings. The van der Waals surface area contributed by atoms with Gasteiger partial charge in [0.05, 0.1) is 18.8 Å². The van der Waals surface area contributed by atoms with Crippen LogP contribution in [0.2, 0.25) is 0 Å². The number of piperidine rings is 1. The highest BCUT2D eigenvalue weighted by Crippen LogP contribution is 2.27. The van der Waals surface area contributed by atoms with Gasteiger partial charge in [0.25, 0.3) is 0 Å². The normalized spacial score (nSPS) is 40.2. The number of carbonyl (C=O) groups is 1. The van der Waals surface area contributed by atoms with Gasteiger partial charge in [-0.1, -0.05) is 0 Å². The van der Waals surface area contributed by atoms with E-state index in [1.807, 2.05) is 13.8 Å². The Kier molecular flexibility index (Phi) is 2.70. The molecule has 1 amide bonds. The van der Waals surface area contributed by atoms with Crippen LogP contribution in [0, 0.1) is 0 Å². The third-order valence-electron chi connectivity index (χ3n) is 2.84. The summed E-state index contributed by atoms with van der Waals surface area (Å²) in [6.45, 7) is 4.06. The zero-order chi connectivity index (χ0) is 11.1. The first kappa shape index (κ1) is 10.9. The van der Waals surface area contributed by atoms with Crippen molar-refractivity contribution < 1.29 is 19.4 Å².